The van der Waals surface area contributed by atoms with Gasteiger partial charge in [-0.05, 0) is 344 Å². The molecule has 0 saturated carbocycles. The number of methoxy groups -OCH3 is 1. The van der Waals surface area contributed by atoms with Crippen LogP contribution in [0.15, 0.2) is 328 Å². The topological polar surface area (TPSA) is 407 Å². The van der Waals surface area contributed by atoms with Crippen molar-refractivity contribution in [2.45, 2.75) is 185 Å². The second-order valence-electron chi connectivity index (χ2n) is 34.0. The fourth-order valence-corrected chi connectivity index (χ4v) is 12.1. The number of primary amides is 2. The number of anilines is 4. The van der Waals surface area contributed by atoms with Gasteiger partial charge < -0.3 is 73.5 Å². The molecule has 19 nitrogen and oxygen atoms in total. The average Bonchev–Trinajstić information content (AvgIpc) is 0.887. The molecule has 0 fully saturated rings. The van der Waals surface area contributed by atoms with Gasteiger partial charge in [0.1, 0.15) is 46.5 Å². The number of aromatic nitrogens is 4. The third-order valence-electron chi connectivity index (χ3n) is 21.0. The maximum atomic E-state index is 12.8. The molecule has 23 heteroatoms. The highest BCUT2D eigenvalue weighted by Crippen LogP contribution is 2.18. The fourth-order valence-electron chi connectivity index (χ4n) is 12.1. The Morgan fingerprint density at radius 2 is 0.731 bits per heavy atom. The van der Waals surface area contributed by atoms with Gasteiger partial charge in [0.15, 0.2) is 0 Å². The summed E-state index contributed by atoms with van der Waals surface area (Å²) in [5.41, 5.74) is 95.5. The number of nitrogens with two attached hydrogens (primary N) is 12. The minimum absolute atomic E-state index is 0.178. The molecule has 0 aliphatic rings. The number of hydrogen-bond acceptors (Lipinski definition) is 17. The molecule has 16 rings (SSSR count). The second kappa shape index (κ2) is 72.8. The van der Waals surface area contributed by atoms with Gasteiger partial charge in [-0.2, -0.15) is 0 Å². The zero-order valence-electron chi connectivity index (χ0n) is 88.9. The van der Waals surface area contributed by atoms with Gasteiger partial charge in [0.2, 0.25) is 11.8 Å². The highest BCUT2D eigenvalue weighted by atomic mass is 19.1. The molecule has 145 heavy (non-hydrogen) atoms. The maximum Gasteiger partial charge on any atom is 0.248 e. The first-order valence-electron chi connectivity index (χ1n) is 47.2. The van der Waals surface area contributed by atoms with Crippen molar-refractivity contribution >= 4 is 35.0 Å². The molecule has 4 aromatic heterocycles. The SMILES string of the molecule is COc1ccc(C)cc1.Cc1c(F)cccc1CN.Cc1cc(F)ccc1CN.Cc1ccc(C)c(N)c1.Cc1ccc(C)c(N)n1.Cc1ccc(C)cc1.Cc1ccc(C)nc1.Cc1ccc(F)cc1CN.Cc1cccc(C(N)=O)c1.Cc1cccc(C)c1.Cc1cccc(CN)c1.Cc1cccc(F)c1CN.Cc1cccc(N)n1.Cc1ccccc1C(N)=O.Cc1ccccc1CN.Cc1ccnc(N)c1. The largest absolute Gasteiger partial charge is 0.497 e. The highest BCUT2D eigenvalue weighted by molar-refractivity contribution is 5.94. The quantitative estimate of drug-likeness (QED) is 0.0472. The number of carbonyl (C=O) groups is 2. The average molecular weight is 1970 g/mol. The zero-order chi connectivity index (χ0) is 109. The Bertz CT molecular complexity index is 6090. The lowest BCUT2D eigenvalue weighted by Crippen LogP contribution is -2.12. The Labute approximate surface area is 860 Å². The van der Waals surface area contributed by atoms with Gasteiger partial charge in [0, 0.05) is 91.1 Å². The van der Waals surface area contributed by atoms with Crippen molar-refractivity contribution in [2.75, 3.05) is 30.0 Å². The van der Waals surface area contributed by atoms with Crippen LogP contribution in [0.5, 0.6) is 5.75 Å². The van der Waals surface area contributed by atoms with E-state index in [-0.39, 0.29) is 41.6 Å². The number of pyridine rings is 4. The van der Waals surface area contributed by atoms with E-state index < -0.39 is 0 Å². The van der Waals surface area contributed by atoms with Gasteiger partial charge in [-0.3, -0.25) is 14.6 Å². The van der Waals surface area contributed by atoms with Crippen LogP contribution in [0, 0.1) is 169 Å². The van der Waals surface area contributed by atoms with E-state index in [0.717, 1.165) is 89.7 Å². The Morgan fingerprint density at radius 1 is 0.290 bits per heavy atom. The maximum absolute atomic E-state index is 12.8. The van der Waals surface area contributed by atoms with Crippen molar-refractivity contribution in [2.24, 2.45) is 45.9 Å². The molecule has 770 valence electrons. The second-order valence-corrected chi connectivity index (χ2v) is 34.0. The summed E-state index contributed by atoms with van der Waals surface area (Å²) in [5, 5.41) is 0. The monoisotopic (exact) mass is 1970 g/mol. The molecule has 12 aromatic carbocycles. The molecule has 0 saturated heterocycles. The van der Waals surface area contributed by atoms with E-state index >= 15 is 0 Å². The Morgan fingerprint density at radius 3 is 1.12 bits per heavy atom. The first kappa shape index (κ1) is 128. The van der Waals surface area contributed by atoms with E-state index in [1.165, 1.54) is 97.6 Å². The molecule has 0 spiro atoms. The van der Waals surface area contributed by atoms with Gasteiger partial charge in [-0.1, -0.05) is 245 Å². The molecule has 0 unspecified atom stereocenters. The van der Waals surface area contributed by atoms with Gasteiger partial charge in [0.25, 0.3) is 0 Å². The summed E-state index contributed by atoms with van der Waals surface area (Å²) >= 11 is 0. The number of aryl methyl sites for hydroxylation is 20. The van der Waals surface area contributed by atoms with Gasteiger partial charge in [-0.15, -0.1) is 0 Å². The molecule has 2 amide bonds. The van der Waals surface area contributed by atoms with Gasteiger partial charge >= 0.3 is 0 Å². The van der Waals surface area contributed by atoms with E-state index in [0.29, 0.717) is 72.4 Å². The van der Waals surface area contributed by atoms with E-state index in [2.05, 4.69) is 153 Å². The molecule has 0 bridgehead atoms. The molecular formula is C122H156F4N16O3. The Balaban J connectivity index is 0.000000774. The van der Waals surface area contributed by atoms with Crippen LogP contribution in [0.4, 0.5) is 40.7 Å². The number of carbonyl (C=O) groups excluding carboxylic acids is 2. The van der Waals surface area contributed by atoms with Gasteiger partial charge in [-0.25, -0.2) is 32.5 Å². The lowest BCUT2D eigenvalue weighted by molar-refractivity contribution is 0.0991. The first-order valence-corrected chi connectivity index (χ1v) is 47.2. The lowest BCUT2D eigenvalue weighted by Gasteiger charge is -2.01. The minimum Gasteiger partial charge on any atom is -0.497 e. The number of hydrogen-bond donors (Lipinski definition) is 12. The van der Waals surface area contributed by atoms with Crippen molar-refractivity contribution in [3.05, 3.63) is 513 Å². The summed E-state index contributed by atoms with van der Waals surface area (Å²) in [6.07, 6.45) is 3.57. The van der Waals surface area contributed by atoms with Crippen LogP contribution in [-0.2, 0) is 39.3 Å². The molecule has 0 aliphatic carbocycles. The lowest BCUT2D eigenvalue weighted by atomic mass is 10.1. The summed E-state index contributed by atoms with van der Waals surface area (Å²) < 4.78 is 55.4. The number of ether oxygens (including phenoxy) is 1. The minimum atomic E-state index is -0.372. The molecule has 4 heterocycles. The van der Waals surface area contributed by atoms with E-state index in [1.807, 2.05) is 236 Å². The third-order valence-corrected chi connectivity index (χ3v) is 21.0. The van der Waals surface area contributed by atoms with Crippen LogP contribution in [0.25, 0.3) is 0 Å². The van der Waals surface area contributed by atoms with Crippen molar-refractivity contribution in [1.82, 2.24) is 19.9 Å². The fraction of sp³-hybridized carbons (Fsp3) is 0.230. The van der Waals surface area contributed by atoms with Crippen molar-refractivity contribution in [1.29, 1.82) is 0 Å². The summed E-state index contributed by atoms with van der Waals surface area (Å²) in [5.74, 6) is 1.19. The Hall–Kier alpha value is -15.3. The summed E-state index contributed by atoms with van der Waals surface area (Å²) in [6.45, 7) is 44.4. The molecule has 16 aromatic rings. The van der Waals surface area contributed by atoms with E-state index in [1.54, 1.807) is 74.8 Å². The molecular weight excluding hydrogens is 1810 g/mol. The summed E-state index contributed by atoms with van der Waals surface area (Å²) in [6, 6.07) is 98.3. The number of nitrogen functional groups attached to an aromatic ring is 4. The number of amides is 2. The molecule has 0 atom stereocenters. The van der Waals surface area contributed by atoms with Crippen LogP contribution in [-0.4, -0.2) is 38.9 Å². The predicted molar refractivity (Wildman–Crippen MR) is 602 cm³/mol. The molecule has 0 aliphatic heterocycles. The van der Waals surface area contributed by atoms with Crippen LogP contribution < -0.4 is 73.5 Å². The number of nitrogens with zero attached hydrogens (tertiary/aromatic N) is 4. The smallest absolute Gasteiger partial charge is 0.248 e. The summed E-state index contributed by atoms with van der Waals surface area (Å²) in [7, 11) is 1.67. The zero-order valence-corrected chi connectivity index (χ0v) is 88.9. The molecule has 24 N–H and O–H groups in total. The number of halogens is 4. The normalized spacial score (nSPS) is 9.49. The number of benzene rings is 12. The van der Waals surface area contributed by atoms with Crippen LogP contribution in [0.1, 0.15) is 171 Å². The third kappa shape index (κ3) is 58.0. The van der Waals surface area contributed by atoms with E-state index in [4.69, 9.17) is 73.5 Å². The number of rotatable bonds is 9. The van der Waals surface area contributed by atoms with Crippen LogP contribution in [0.2, 0.25) is 0 Å². The van der Waals surface area contributed by atoms with Gasteiger partial charge in [0.05, 0.1) is 7.11 Å². The summed E-state index contributed by atoms with van der Waals surface area (Å²) in [4.78, 5) is 37.1. The van der Waals surface area contributed by atoms with Crippen molar-refractivity contribution in [3.63, 3.8) is 0 Å². The van der Waals surface area contributed by atoms with Crippen molar-refractivity contribution < 1.29 is 31.9 Å². The van der Waals surface area contributed by atoms with Crippen molar-refractivity contribution in [3.8, 4) is 5.75 Å². The molecule has 0 radical (unpaired) electrons. The van der Waals surface area contributed by atoms with Crippen LogP contribution in [0.3, 0.4) is 0 Å². The van der Waals surface area contributed by atoms with E-state index in [9.17, 15) is 27.2 Å². The first-order chi connectivity index (χ1) is 68.7. The van der Waals surface area contributed by atoms with Crippen LogP contribution >= 0.6 is 0 Å². The predicted octanol–water partition coefficient (Wildman–Crippen LogP) is 24.9. The standard InChI is InChI=1S/4C8H10FN.2C8H9NO.3C8H11N.C8H10O.2C8H10.C7H10N2.C7H9N.2C6H8N2/c1-6-4-8(9)3-2-7(6)5-10;1-6-2-3-8(9)4-7(6)5-10;1-6-7(5-10)3-2-4-8(6)9;1-6-3-2-4-8(9)7(6)5-10;1-6-3-2-4-7(5-6)8(9)10;1-6-4-2-3-5-7(6)8(9)10;1-6-3-4-7(2)8(9)5-6;1-7-3-2-4-8(5-7)6-9;1-7-4-2-3-5-8(7)6-9;1-7-3-5-8(9-2)6-4-7;1-7-3-5-8(2)6-4-7;1-7-4-3-5-8(2)6-7;1-5-3-4-6(2)9-7(5)8;1-6-3-4-7(2)8-5-6;1-5-2-3-8-6(7)4-5;1-5-3-2-4-6(7)8-5/h4*2-4H,5,10H2,1H3;2*2-5H,1H3,(H2,9,10);3-5H,9H2,1-2H3;2*2-5H,6,9H2,1H3;3-6H,1-2H3;2*3-6H,1-2H3;3-4H,1-2H3,(H2,8,9);3-5H,1-2H3;2*2-4H,1H3,(H2,7,8). The Kier molecular flexibility index (Phi) is 64.1. The highest BCUT2D eigenvalue weighted by Gasteiger charge is 2.06.